The van der Waals surface area contributed by atoms with E-state index in [1.54, 1.807) is 0 Å². The number of ether oxygens (including phenoxy) is 1. The fraction of sp³-hybridized carbons (Fsp3) is 1.00. The molecule has 3 nitrogen and oxygen atoms in total. The first kappa shape index (κ1) is 15.9. The predicted octanol–water partition coefficient (Wildman–Crippen LogP) is 2.65. The van der Waals surface area contributed by atoms with Crippen LogP contribution >= 0.6 is 0 Å². The van der Waals surface area contributed by atoms with Crippen molar-refractivity contribution in [2.45, 2.75) is 70.6 Å². The monoisotopic (exact) mass is 256 g/mol. The molecule has 0 aromatic carbocycles. The minimum absolute atomic E-state index is 0.455. The van der Waals surface area contributed by atoms with Gasteiger partial charge in [0.25, 0.3) is 0 Å². The van der Waals surface area contributed by atoms with Crippen LogP contribution in [0.25, 0.3) is 0 Å². The van der Waals surface area contributed by atoms with Crippen molar-refractivity contribution < 1.29 is 4.74 Å². The van der Waals surface area contributed by atoms with E-state index in [9.17, 15) is 0 Å². The van der Waals surface area contributed by atoms with Gasteiger partial charge in [0.2, 0.25) is 0 Å². The number of nitrogens with zero attached hydrogens (tertiary/aromatic N) is 1. The smallest absolute Gasteiger partial charge is 0.0702 e. The van der Waals surface area contributed by atoms with Crippen molar-refractivity contribution in [2.24, 2.45) is 0 Å². The topological polar surface area (TPSA) is 24.5 Å². The molecule has 1 aliphatic heterocycles. The molecule has 3 heteroatoms. The van der Waals surface area contributed by atoms with Gasteiger partial charge in [-0.1, -0.05) is 20.3 Å². The number of rotatable bonds is 8. The molecule has 1 heterocycles. The second-order valence-electron chi connectivity index (χ2n) is 5.59. The molecule has 3 atom stereocenters. The highest BCUT2D eigenvalue weighted by molar-refractivity contribution is 4.83. The first-order chi connectivity index (χ1) is 8.72. The zero-order valence-corrected chi connectivity index (χ0v) is 12.7. The third kappa shape index (κ3) is 4.87. The van der Waals surface area contributed by atoms with Crippen LogP contribution in [0.5, 0.6) is 0 Å². The standard InChI is InChI=1S/C15H32N2O/c1-5-9-14(16-3)15(6-2)17(4)12-13-10-7-8-11-18-13/h13-16H,5-12H2,1-4H3. The largest absolute Gasteiger partial charge is 0.377 e. The lowest BCUT2D eigenvalue weighted by Crippen LogP contribution is -2.49. The highest BCUT2D eigenvalue weighted by Crippen LogP contribution is 2.17. The van der Waals surface area contributed by atoms with Crippen LogP contribution in [0.2, 0.25) is 0 Å². The van der Waals surface area contributed by atoms with Gasteiger partial charge in [-0.15, -0.1) is 0 Å². The molecule has 0 bridgehead atoms. The van der Waals surface area contributed by atoms with Crippen LogP contribution in [0.4, 0.5) is 0 Å². The summed E-state index contributed by atoms with van der Waals surface area (Å²) in [6, 6.07) is 1.23. The maximum Gasteiger partial charge on any atom is 0.0702 e. The van der Waals surface area contributed by atoms with Crippen LogP contribution in [0.1, 0.15) is 52.4 Å². The quantitative estimate of drug-likeness (QED) is 0.722. The van der Waals surface area contributed by atoms with Crippen molar-refractivity contribution in [2.75, 3.05) is 27.2 Å². The minimum atomic E-state index is 0.455. The Hall–Kier alpha value is -0.120. The van der Waals surface area contributed by atoms with Gasteiger partial charge < -0.3 is 10.1 Å². The highest BCUT2D eigenvalue weighted by atomic mass is 16.5. The summed E-state index contributed by atoms with van der Waals surface area (Å²) in [5.74, 6) is 0. The van der Waals surface area contributed by atoms with E-state index in [0.29, 0.717) is 18.2 Å². The van der Waals surface area contributed by atoms with Crippen LogP contribution in [0.15, 0.2) is 0 Å². The van der Waals surface area contributed by atoms with Gasteiger partial charge in [0.05, 0.1) is 6.10 Å². The molecular weight excluding hydrogens is 224 g/mol. The van der Waals surface area contributed by atoms with Gasteiger partial charge in [-0.2, -0.15) is 0 Å². The third-order valence-corrected chi connectivity index (χ3v) is 4.18. The number of hydrogen-bond acceptors (Lipinski definition) is 3. The first-order valence-corrected chi connectivity index (χ1v) is 7.72. The average Bonchev–Trinajstić information content (AvgIpc) is 2.39. The molecule has 0 saturated carbocycles. The molecule has 108 valence electrons. The Kier molecular flexibility index (Phi) is 7.87. The lowest BCUT2D eigenvalue weighted by molar-refractivity contribution is -0.0115. The van der Waals surface area contributed by atoms with Gasteiger partial charge in [-0.3, -0.25) is 4.90 Å². The molecular formula is C15H32N2O. The van der Waals surface area contributed by atoms with Crippen molar-refractivity contribution in [1.82, 2.24) is 10.2 Å². The Balaban J connectivity index is 2.46. The molecule has 1 saturated heterocycles. The molecule has 0 spiro atoms. The molecule has 0 aliphatic carbocycles. The fourth-order valence-electron chi connectivity index (χ4n) is 3.15. The van der Waals surface area contributed by atoms with Crippen molar-refractivity contribution in [3.8, 4) is 0 Å². The van der Waals surface area contributed by atoms with Crippen LogP contribution in [0, 0.1) is 0 Å². The normalized spacial score (nSPS) is 24.2. The molecule has 0 aromatic heterocycles. The number of nitrogens with one attached hydrogen (secondary N) is 1. The summed E-state index contributed by atoms with van der Waals surface area (Å²) >= 11 is 0. The zero-order chi connectivity index (χ0) is 13.4. The van der Waals surface area contributed by atoms with Crippen molar-refractivity contribution in [1.29, 1.82) is 0 Å². The Morgan fingerprint density at radius 3 is 2.61 bits per heavy atom. The molecule has 1 N–H and O–H groups in total. The Bertz CT molecular complexity index is 205. The van der Waals surface area contributed by atoms with Crippen molar-refractivity contribution in [3.05, 3.63) is 0 Å². The Morgan fingerprint density at radius 2 is 2.11 bits per heavy atom. The summed E-state index contributed by atoms with van der Waals surface area (Å²) < 4.78 is 5.85. The van der Waals surface area contributed by atoms with E-state index in [1.165, 1.54) is 38.5 Å². The summed E-state index contributed by atoms with van der Waals surface area (Å²) in [6.07, 6.45) is 7.97. The lowest BCUT2D eigenvalue weighted by Gasteiger charge is -2.36. The van der Waals surface area contributed by atoms with E-state index in [4.69, 9.17) is 4.74 Å². The summed E-state index contributed by atoms with van der Waals surface area (Å²) in [5, 5.41) is 3.49. The SMILES string of the molecule is CCCC(NC)C(CC)N(C)CC1CCCCO1. The molecule has 0 radical (unpaired) electrons. The molecule has 0 aromatic rings. The predicted molar refractivity (Wildman–Crippen MR) is 78.1 cm³/mol. The van der Waals surface area contributed by atoms with Gasteiger partial charge in [0.15, 0.2) is 0 Å². The van der Waals surface area contributed by atoms with Gasteiger partial charge in [0, 0.05) is 25.2 Å². The molecule has 1 rings (SSSR count). The molecule has 1 aliphatic rings. The van der Waals surface area contributed by atoms with Gasteiger partial charge in [0.1, 0.15) is 0 Å². The van der Waals surface area contributed by atoms with Crippen LogP contribution in [-0.4, -0.2) is 50.3 Å². The van der Waals surface area contributed by atoms with Crippen LogP contribution in [0.3, 0.4) is 0 Å². The molecule has 1 fully saturated rings. The summed E-state index contributed by atoms with van der Waals surface area (Å²) in [5.41, 5.74) is 0. The van der Waals surface area contributed by atoms with E-state index in [-0.39, 0.29) is 0 Å². The average molecular weight is 256 g/mol. The first-order valence-electron chi connectivity index (χ1n) is 7.72. The summed E-state index contributed by atoms with van der Waals surface area (Å²) in [6.45, 7) is 6.60. The number of likely N-dealkylation sites (N-methyl/N-ethyl adjacent to an activating group) is 2. The third-order valence-electron chi connectivity index (χ3n) is 4.18. The van der Waals surface area contributed by atoms with Crippen LogP contribution in [-0.2, 0) is 4.74 Å². The van der Waals surface area contributed by atoms with Gasteiger partial charge in [-0.05, 0) is 46.2 Å². The van der Waals surface area contributed by atoms with E-state index >= 15 is 0 Å². The van der Waals surface area contributed by atoms with Crippen molar-refractivity contribution in [3.63, 3.8) is 0 Å². The summed E-state index contributed by atoms with van der Waals surface area (Å²) in [7, 11) is 4.35. The maximum absolute atomic E-state index is 5.85. The maximum atomic E-state index is 5.85. The second kappa shape index (κ2) is 8.89. The van der Waals surface area contributed by atoms with Crippen LogP contribution < -0.4 is 5.32 Å². The van der Waals surface area contributed by atoms with E-state index < -0.39 is 0 Å². The van der Waals surface area contributed by atoms with E-state index in [1.807, 2.05) is 0 Å². The van der Waals surface area contributed by atoms with Gasteiger partial charge in [-0.25, -0.2) is 0 Å². The minimum Gasteiger partial charge on any atom is -0.377 e. The molecule has 18 heavy (non-hydrogen) atoms. The highest BCUT2D eigenvalue weighted by Gasteiger charge is 2.25. The zero-order valence-electron chi connectivity index (χ0n) is 12.7. The lowest BCUT2D eigenvalue weighted by atomic mass is 9.98. The van der Waals surface area contributed by atoms with E-state index in [0.717, 1.165) is 13.2 Å². The fourth-order valence-corrected chi connectivity index (χ4v) is 3.15. The van der Waals surface area contributed by atoms with E-state index in [2.05, 4.69) is 38.2 Å². The molecule has 3 unspecified atom stereocenters. The van der Waals surface area contributed by atoms with Gasteiger partial charge >= 0.3 is 0 Å². The number of hydrogen-bond donors (Lipinski definition) is 1. The second-order valence-corrected chi connectivity index (χ2v) is 5.59. The Labute approximate surface area is 113 Å². The molecule has 0 amide bonds. The summed E-state index contributed by atoms with van der Waals surface area (Å²) in [4.78, 5) is 2.51. The Morgan fingerprint density at radius 1 is 1.33 bits per heavy atom. The van der Waals surface area contributed by atoms with Crippen molar-refractivity contribution >= 4 is 0 Å².